The zero-order valence-corrected chi connectivity index (χ0v) is 6.81. The van der Waals surface area contributed by atoms with E-state index < -0.39 is 0 Å². The van der Waals surface area contributed by atoms with E-state index in [0.29, 0.717) is 0 Å². The summed E-state index contributed by atoms with van der Waals surface area (Å²) in [6.45, 7) is 3.63. The van der Waals surface area contributed by atoms with Gasteiger partial charge in [-0.1, -0.05) is 47.6 Å². The summed E-state index contributed by atoms with van der Waals surface area (Å²) in [6, 6.07) is 10.0. The molecule has 2 heteroatoms. The Morgan fingerprint density at radius 1 is 1.20 bits per heavy atom. The lowest BCUT2D eigenvalue weighted by Crippen LogP contribution is -1.63. The molecule has 10 heavy (non-hydrogen) atoms. The van der Waals surface area contributed by atoms with Crippen molar-refractivity contribution in [2.75, 3.05) is 0 Å². The highest BCUT2D eigenvalue weighted by Crippen LogP contribution is 1.97. The molecule has 0 aromatic heterocycles. The first-order valence-electron chi connectivity index (χ1n) is 2.84. The second kappa shape index (κ2) is 6.18. The minimum absolute atomic E-state index is 1.17. The summed E-state index contributed by atoms with van der Waals surface area (Å²) in [5.74, 6) is 0. The largest absolute Gasteiger partial charge is 0.310 e. The molecule has 0 heterocycles. The van der Waals surface area contributed by atoms with E-state index in [9.17, 15) is 0 Å². The van der Waals surface area contributed by atoms with Crippen molar-refractivity contribution in [2.45, 2.75) is 0 Å². The van der Waals surface area contributed by atoms with E-state index >= 15 is 0 Å². The van der Waals surface area contributed by atoms with Gasteiger partial charge in [-0.05, 0) is 5.56 Å². The normalized spacial score (nSPS) is 7.20. The molecule has 1 aromatic carbocycles. The molecule has 0 saturated heterocycles. The minimum Gasteiger partial charge on any atom is -0.0985 e. The van der Waals surface area contributed by atoms with Crippen molar-refractivity contribution in [1.29, 1.82) is 0 Å². The van der Waals surface area contributed by atoms with Crippen molar-refractivity contribution in [3.63, 3.8) is 0 Å². The van der Waals surface area contributed by atoms with Crippen LogP contribution in [0.3, 0.4) is 0 Å². The highest BCUT2D eigenvalue weighted by Gasteiger charge is 1.75. The summed E-state index contributed by atoms with van der Waals surface area (Å²) in [6.07, 6.45) is 1.83. The lowest BCUT2D eigenvalue weighted by molar-refractivity contribution is 0.607. The molecule has 0 aliphatic heterocycles. The van der Waals surface area contributed by atoms with E-state index in [-0.39, 0.29) is 0 Å². The van der Waals surface area contributed by atoms with Crippen LogP contribution in [-0.4, -0.2) is 0 Å². The van der Waals surface area contributed by atoms with Crippen molar-refractivity contribution in [3.05, 3.63) is 42.5 Å². The van der Waals surface area contributed by atoms with Crippen LogP contribution in [0.2, 0.25) is 0 Å². The van der Waals surface area contributed by atoms with Gasteiger partial charge in [0.05, 0.1) is 0 Å². The zero-order chi connectivity index (χ0) is 7.82. The van der Waals surface area contributed by atoms with Gasteiger partial charge in [0.25, 0.3) is 0 Å². The Morgan fingerprint density at radius 2 is 1.70 bits per heavy atom. The van der Waals surface area contributed by atoms with E-state index in [1.165, 1.54) is 14.7 Å². The third kappa shape index (κ3) is 3.16. The van der Waals surface area contributed by atoms with Crippen LogP contribution in [0.4, 0.5) is 0 Å². The molecular weight excluding hydrogens is 143 g/mol. The van der Waals surface area contributed by atoms with Gasteiger partial charge in [-0.25, -0.2) is 0 Å². The second-order valence-corrected chi connectivity index (χ2v) is 1.61. The molecular formula is C8H10OP+. The molecule has 1 atom stereocenters. The molecule has 0 aliphatic carbocycles. The number of hydrogen-bond donors (Lipinski definition) is 0. The summed E-state index contributed by atoms with van der Waals surface area (Å²) >= 11 is 0. The monoisotopic (exact) mass is 153 g/mol. The minimum atomic E-state index is 1.17. The van der Waals surface area contributed by atoms with Crippen molar-refractivity contribution < 1.29 is 4.57 Å². The predicted molar refractivity (Wildman–Crippen MR) is 46.9 cm³/mol. The van der Waals surface area contributed by atoms with E-state index in [4.69, 9.17) is 4.57 Å². The van der Waals surface area contributed by atoms with E-state index in [1.807, 2.05) is 36.4 Å². The van der Waals surface area contributed by atoms with Crippen LogP contribution in [0.5, 0.6) is 0 Å². The van der Waals surface area contributed by atoms with Gasteiger partial charge in [0.2, 0.25) is 0 Å². The van der Waals surface area contributed by atoms with E-state index in [0.717, 1.165) is 0 Å². The van der Waals surface area contributed by atoms with Gasteiger partial charge in [-0.3, -0.25) is 0 Å². The molecule has 1 rings (SSSR count). The molecule has 0 bridgehead atoms. The molecule has 0 amide bonds. The topological polar surface area (TPSA) is 17.1 Å². The van der Waals surface area contributed by atoms with Crippen molar-refractivity contribution in [3.8, 4) is 0 Å². The third-order valence-electron chi connectivity index (χ3n) is 1.04. The molecule has 1 aromatic rings. The van der Waals surface area contributed by atoms with E-state index in [1.54, 1.807) is 0 Å². The fourth-order valence-corrected chi connectivity index (χ4v) is 0.589. The van der Waals surface area contributed by atoms with Crippen LogP contribution in [0.15, 0.2) is 36.9 Å². The maximum atomic E-state index is 8.17. The quantitative estimate of drug-likeness (QED) is 0.566. The Balaban J connectivity index is 0.000000371. The number of hydrogen-bond acceptors (Lipinski definition) is 1. The fraction of sp³-hybridized carbons (Fsp3) is 0. The van der Waals surface area contributed by atoms with Gasteiger partial charge < -0.3 is 0 Å². The van der Waals surface area contributed by atoms with Crippen molar-refractivity contribution in [1.82, 2.24) is 0 Å². The molecule has 1 unspecified atom stereocenters. The number of rotatable bonds is 1. The van der Waals surface area contributed by atoms with Gasteiger partial charge in [0.15, 0.2) is 0 Å². The molecule has 0 saturated carbocycles. The maximum absolute atomic E-state index is 8.17. The summed E-state index contributed by atoms with van der Waals surface area (Å²) < 4.78 is 8.17. The zero-order valence-electron chi connectivity index (χ0n) is 5.66. The van der Waals surface area contributed by atoms with Gasteiger partial charge in [0, 0.05) is 0 Å². The molecule has 0 spiro atoms. The Labute approximate surface area is 63.0 Å². The fourth-order valence-electron chi connectivity index (χ4n) is 0.589. The summed E-state index contributed by atoms with van der Waals surface area (Å²) in [5, 5.41) is 0. The smallest absolute Gasteiger partial charge is 0.0985 e. The van der Waals surface area contributed by atoms with Crippen LogP contribution in [-0.2, 0) is 4.57 Å². The summed E-state index contributed by atoms with van der Waals surface area (Å²) in [7, 11) is 1.17. The van der Waals surface area contributed by atoms with E-state index in [2.05, 4.69) is 6.58 Å². The first-order valence-corrected chi connectivity index (χ1v) is 3.31. The molecule has 1 nitrogen and oxygen atoms in total. The first kappa shape index (κ1) is 9.06. The van der Waals surface area contributed by atoms with Gasteiger partial charge in [-0.2, -0.15) is 0 Å². The van der Waals surface area contributed by atoms with Crippen LogP contribution in [0.25, 0.3) is 6.08 Å². The average molecular weight is 153 g/mol. The Hall–Kier alpha value is -0.940. The lowest BCUT2D eigenvalue weighted by atomic mass is 10.2. The Kier molecular flexibility index (Phi) is 5.60. The summed E-state index contributed by atoms with van der Waals surface area (Å²) in [5.41, 5.74) is 1.17. The van der Waals surface area contributed by atoms with Crippen molar-refractivity contribution >= 4 is 15.2 Å². The van der Waals surface area contributed by atoms with Crippen LogP contribution < -0.4 is 0 Å². The van der Waals surface area contributed by atoms with Crippen molar-refractivity contribution in [2.24, 2.45) is 0 Å². The Morgan fingerprint density at radius 3 is 2.00 bits per heavy atom. The highest BCUT2D eigenvalue weighted by atomic mass is 31.0. The van der Waals surface area contributed by atoms with Crippen LogP contribution >= 0.6 is 9.12 Å². The van der Waals surface area contributed by atoms with Crippen LogP contribution in [0, 0.1) is 0 Å². The molecule has 0 N–H and O–H groups in total. The Bertz CT molecular complexity index is 184. The average Bonchev–Trinajstić information content (AvgIpc) is 2.10. The maximum Gasteiger partial charge on any atom is 0.310 e. The summed E-state index contributed by atoms with van der Waals surface area (Å²) in [4.78, 5) is 0. The molecule has 52 valence electrons. The molecule has 0 aliphatic rings. The van der Waals surface area contributed by atoms with Crippen LogP contribution in [0.1, 0.15) is 5.56 Å². The number of benzene rings is 1. The standard InChI is InChI=1S/C8H8.H2OP/c1-2-8-6-4-3-5-7-8;1-2/h2-7H,1H2;2H2/q;+1. The van der Waals surface area contributed by atoms with Gasteiger partial charge in [0.1, 0.15) is 0 Å². The first-order chi connectivity index (χ1) is 4.93. The van der Waals surface area contributed by atoms with Gasteiger partial charge >= 0.3 is 9.12 Å². The highest BCUT2D eigenvalue weighted by molar-refractivity contribution is 7.00. The second-order valence-electron chi connectivity index (χ2n) is 1.61. The third-order valence-corrected chi connectivity index (χ3v) is 1.04. The van der Waals surface area contributed by atoms with Gasteiger partial charge in [-0.15, -0.1) is 0 Å². The lowest BCUT2D eigenvalue weighted by Gasteiger charge is -1.85. The molecule has 0 fully saturated rings. The molecule has 0 radical (unpaired) electrons. The SMILES string of the molecule is C=Cc1ccccc1.O=[PH2+]. The predicted octanol–water partition coefficient (Wildman–Crippen LogP) is 2.54.